The van der Waals surface area contributed by atoms with Crippen LogP contribution in [0.4, 0.5) is 5.69 Å². The van der Waals surface area contributed by atoms with E-state index in [4.69, 9.17) is 11.5 Å². The lowest BCUT2D eigenvalue weighted by Crippen LogP contribution is -2.09. The summed E-state index contributed by atoms with van der Waals surface area (Å²) in [6.45, 7) is 0.527. The molecule has 0 atom stereocenters. The molecule has 1 aromatic carbocycles. The molecule has 0 radical (unpaired) electrons. The Balaban J connectivity index is 2.25. The summed E-state index contributed by atoms with van der Waals surface area (Å²) in [5.41, 5.74) is 13.0. The first-order valence-corrected chi connectivity index (χ1v) is 5.72. The summed E-state index contributed by atoms with van der Waals surface area (Å²) in [5, 5.41) is 4.06. The Labute approximate surface area is 107 Å². The first-order chi connectivity index (χ1) is 8.08. The number of amides is 1. The summed E-state index contributed by atoms with van der Waals surface area (Å²) in [6, 6.07) is 5.62. The molecule has 0 aliphatic carbocycles. The lowest BCUT2D eigenvalue weighted by atomic mass is 10.2. The number of hydrogen-bond donors (Lipinski definition) is 2. The lowest BCUT2D eigenvalue weighted by molar-refractivity contribution is 0.1000. The molecule has 17 heavy (non-hydrogen) atoms. The average molecular weight is 295 g/mol. The van der Waals surface area contributed by atoms with Gasteiger partial charge in [-0.05, 0) is 27.6 Å². The number of nitrogens with two attached hydrogens (primary N) is 2. The molecule has 0 fully saturated rings. The SMILES string of the molecule is NC(=O)c1cnn(Cc2cccc(N)c2Br)c1. The molecule has 2 rings (SSSR count). The van der Waals surface area contributed by atoms with Crippen LogP contribution >= 0.6 is 15.9 Å². The molecule has 6 heteroatoms. The maximum Gasteiger partial charge on any atom is 0.251 e. The minimum absolute atomic E-state index is 0.394. The highest BCUT2D eigenvalue weighted by atomic mass is 79.9. The average Bonchev–Trinajstić information content (AvgIpc) is 2.73. The van der Waals surface area contributed by atoms with Gasteiger partial charge >= 0.3 is 0 Å². The largest absolute Gasteiger partial charge is 0.398 e. The standard InChI is InChI=1S/C11H11BrN4O/c12-10-7(2-1-3-9(10)13)5-16-6-8(4-15-16)11(14)17/h1-4,6H,5,13H2,(H2,14,17). The summed E-state index contributed by atoms with van der Waals surface area (Å²) in [4.78, 5) is 10.9. The van der Waals surface area contributed by atoms with Crippen LogP contribution in [-0.2, 0) is 6.54 Å². The first kappa shape index (κ1) is 11.7. The van der Waals surface area contributed by atoms with Crippen molar-refractivity contribution >= 4 is 27.5 Å². The molecule has 1 aromatic heterocycles. The van der Waals surface area contributed by atoms with Crippen molar-refractivity contribution in [3.8, 4) is 0 Å². The van der Waals surface area contributed by atoms with E-state index in [1.54, 1.807) is 10.9 Å². The van der Waals surface area contributed by atoms with Gasteiger partial charge in [-0.1, -0.05) is 12.1 Å². The van der Waals surface area contributed by atoms with E-state index < -0.39 is 5.91 Å². The van der Waals surface area contributed by atoms with Gasteiger partial charge in [0.25, 0.3) is 5.91 Å². The lowest BCUT2D eigenvalue weighted by Gasteiger charge is -2.06. The molecule has 0 saturated heterocycles. The normalized spacial score (nSPS) is 10.4. The van der Waals surface area contributed by atoms with Crippen LogP contribution in [0.2, 0.25) is 0 Å². The Morgan fingerprint density at radius 2 is 2.24 bits per heavy atom. The van der Waals surface area contributed by atoms with Crippen molar-refractivity contribution in [3.63, 3.8) is 0 Å². The molecule has 5 nitrogen and oxygen atoms in total. The van der Waals surface area contributed by atoms with Crippen LogP contribution in [0, 0.1) is 0 Å². The fourth-order valence-corrected chi connectivity index (χ4v) is 1.86. The second-order valence-corrected chi connectivity index (χ2v) is 4.40. The number of anilines is 1. The van der Waals surface area contributed by atoms with E-state index in [1.807, 2.05) is 18.2 Å². The smallest absolute Gasteiger partial charge is 0.251 e. The zero-order valence-corrected chi connectivity index (χ0v) is 10.5. The molecule has 0 unspecified atom stereocenters. The van der Waals surface area contributed by atoms with Gasteiger partial charge in [-0.3, -0.25) is 9.48 Å². The van der Waals surface area contributed by atoms with Crippen LogP contribution in [0.25, 0.3) is 0 Å². The molecule has 4 N–H and O–H groups in total. The van der Waals surface area contributed by atoms with Crippen LogP contribution in [0.3, 0.4) is 0 Å². The highest BCUT2D eigenvalue weighted by Gasteiger charge is 2.07. The second-order valence-electron chi connectivity index (χ2n) is 3.61. The first-order valence-electron chi connectivity index (χ1n) is 4.93. The number of carbonyl (C=O) groups is 1. The minimum Gasteiger partial charge on any atom is -0.398 e. The van der Waals surface area contributed by atoms with Crippen molar-refractivity contribution in [1.29, 1.82) is 0 Å². The second kappa shape index (κ2) is 4.58. The monoisotopic (exact) mass is 294 g/mol. The zero-order valence-electron chi connectivity index (χ0n) is 8.93. The summed E-state index contributed by atoms with van der Waals surface area (Å²) < 4.78 is 2.48. The quantitative estimate of drug-likeness (QED) is 0.838. The van der Waals surface area contributed by atoms with Crippen molar-refractivity contribution in [1.82, 2.24) is 9.78 Å². The minimum atomic E-state index is -0.483. The van der Waals surface area contributed by atoms with Crippen LogP contribution in [0.5, 0.6) is 0 Å². The topological polar surface area (TPSA) is 86.9 Å². The molecule has 1 heterocycles. The summed E-state index contributed by atoms with van der Waals surface area (Å²) in [7, 11) is 0. The molecule has 2 aromatic rings. The molecule has 0 saturated carbocycles. The zero-order chi connectivity index (χ0) is 12.4. The molecule has 0 spiro atoms. The number of benzene rings is 1. The van der Waals surface area contributed by atoms with Crippen molar-refractivity contribution in [3.05, 3.63) is 46.2 Å². The molecule has 1 amide bonds. The Morgan fingerprint density at radius 3 is 2.88 bits per heavy atom. The third kappa shape index (κ3) is 2.47. The fraction of sp³-hybridized carbons (Fsp3) is 0.0909. The number of primary amides is 1. The number of rotatable bonds is 3. The number of hydrogen-bond acceptors (Lipinski definition) is 3. The summed E-state index contributed by atoms with van der Waals surface area (Å²) >= 11 is 3.42. The van der Waals surface area contributed by atoms with E-state index in [1.165, 1.54) is 6.20 Å². The maximum atomic E-state index is 10.9. The fourth-order valence-electron chi connectivity index (χ4n) is 1.47. The van der Waals surface area contributed by atoms with Crippen molar-refractivity contribution in [2.24, 2.45) is 5.73 Å². The number of nitrogens with zero attached hydrogens (tertiary/aromatic N) is 2. The molecule has 0 aliphatic rings. The molecule has 0 aliphatic heterocycles. The summed E-state index contributed by atoms with van der Waals surface area (Å²) in [5.74, 6) is -0.483. The number of carbonyl (C=O) groups excluding carboxylic acids is 1. The summed E-state index contributed by atoms with van der Waals surface area (Å²) in [6.07, 6.45) is 3.06. The van der Waals surface area contributed by atoms with Crippen LogP contribution < -0.4 is 11.5 Å². The van der Waals surface area contributed by atoms with E-state index >= 15 is 0 Å². The van der Waals surface area contributed by atoms with Gasteiger partial charge in [0.15, 0.2) is 0 Å². The Hall–Kier alpha value is -1.82. The van der Waals surface area contributed by atoms with E-state index in [-0.39, 0.29) is 0 Å². The van der Waals surface area contributed by atoms with Crippen LogP contribution in [-0.4, -0.2) is 15.7 Å². The number of halogens is 1. The van der Waals surface area contributed by atoms with Gasteiger partial charge in [-0.2, -0.15) is 5.10 Å². The maximum absolute atomic E-state index is 10.9. The predicted molar refractivity (Wildman–Crippen MR) is 68.4 cm³/mol. The Kier molecular flexibility index (Phi) is 3.14. The van der Waals surface area contributed by atoms with E-state index in [0.29, 0.717) is 17.8 Å². The third-order valence-corrected chi connectivity index (χ3v) is 3.33. The molecular weight excluding hydrogens is 284 g/mol. The number of aromatic nitrogens is 2. The number of nitrogen functional groups attached to an aromatic ring is 1. The molecule has 88 valence electrons. The predicted octanol–water partition coefficient (Wildman–Crippen LogP) is 1.37. The van der Waals surface area contributed by atoms with Gasteiger partial charge in [-0.15, -0.1) is 0 Å². The van der Waals surface area contributed by atoms with Crippen molar-refractivity contribution < 1.29 is 4.79 Å². The van der Waals surface area contributed by atoms with Crippen LogP contribution in [0.1, 0.15) is 15.9 Å². The van der Waals surface area contributed by atoms with Gasteiger partial charge in [0.2, 0.25) is 0 Å². The van der Waals surface area contributed by atoms with Gasteiger partial charge in [0, 0.05) is 16.4 Å². The van der Waals surface area contributed by atoms with Crippen molar-refractivity contribution in [2.75, 3.05) is 5.73 Å². The highest BCUT2D eigenvalue weighted by Crippen LogP contribution is 2.24. The molecular formula is C11H11BrN4O. The van der Waals surface area contributed by atoms with E-state index in [2.05, 4.69) is 21.0 Å². The highest BCUT2D eigenvalue weighted by molar-refractivity contribution is 9.10. The van der Waals surface area contributed by atoms with E-state index in [9.17, 15) is 4.79 Å². The van der Waals surface area contributed by atoms with Gasteiger partial charge in [0.1, 0.15) is 0 Å². The Morgan fingerprint density at radius 1 is 1.47 bits per heavy atom. The van der Waals surface area contributed by atoms with Crippen molar-refractivity contribution in [2.45, 2.75) is 6.54 Å². The Bertz CT molecular complexity index is 564. The molecule has 0 bridgehead atoms. The van der Waals surface area contributed by atoms with Gasteiger partial charge in [-0.25, -0.2) is 0 Å². The van der Waals surface area contributed by atoms with Gasteiger partial charge < -0.3 is 11.5 Å². The van der Waals surface area contributed by atoms with Gasteiger partial charge in [0.05, 0.1) is 18.3 Å². The van der Waals surface area contributed by atoms with Crippen LogP contribution in [0.15, 0.2) is 35.1 Å². The van der Waals surface area contributed by atoms with E-state index in [0.717, 1.165) is 10.0 Å². The third-order valence-electron chi connectivity index (χ3n) is 2.36.